The highest BCUT2D eigenvalue weighted by atomic mass is 19.1. The van der Waals surface area contributed by atoms with Crippen molar-refractivity contribution in [2.45, 2.75) is 26.4 Å². The highest BCUT2D eigenvalue weighted by Gasteiger charge is 2.11. The van der Waals surface area contributed by atoms with Crippen molar-refractivity contribution in [3.05, 3.63) is 53.0 Å². The van der Waals surface area contributed by atoms with Crippen LogP contribution in [0.3, 0.4) is 0 Å². The lowest BCUT2D eigenvalue weighted by Crippen LogP contribution is -2.18. The van der Waals surface area contributed by atoms with Gasteiger partial charge in [-0.1, -0.05) is 0 Å². The minimum absolute atomic E-state index is 0.0810. The number of rotatable bonds is 4. The van der Waals surface area contributed by atoms with Gasteiger partial charge in [0.15, 0.2) is 0 Å². The van der Waals surface area contributed by atoms with Gasteiger partial charge in [-0.15, -0.1) is 0 Å². The maximum Gasteiger partial charge on any atom is 0.211 e. The van der Waals surface area contributed by atoms with E-state index in [1.54, 1.807) is 12.3 Å². The molecule has 0 aliphatic carbocycles. The van der Waals surface area contributed by atoms with Gasteiger partial charge >= 0.3 is 0 Å². The molecular formula is C14H14FN3O. The van der Waals surface area contributed by atoms with Gasteiger partial charge in [0.25, 0.3) is 0 Å². The molecule has 0 fully saturated rings. The van der Waals surface area contributed by atoms with Crippen LogP contribution in [0.25, 0.3) is 0 Å². The first kappa shape index (κ1) is 13.2. The molecule has 0 bridgehead atoms. The lowest BCUT2D eigenvalue weighted by molar-refractivity contribution is 0.402. The van der Waals surface area contributed by atoms with Crippen LogP contribution in [0.5, 0.6) is 0 Å². The SMILES string of the molecule is Cc1cnc(C(C)NCc2cc(F)cc(C#N)c2)o1. The van der Waals surface area contributed by atoms with Crippen molar-refractivity contribution in [3.8, 4) is 6.07 Å². The Bertz CT molecular complexity index is 615. The van der Waals surface area contributed by atoms with Crippen LogP contribution in [0.15, 0.2) is 28.8 Å². The first-order chi connectivity index (χ1) is 9.08. The zero-order valence-electron chi connectivity index (χ0n) is 10.8. The second kappa shape index (κ2) is 5.63. The average Bonchev–Trinajstić information content (AvgIpc) is 2.82. The Balaban J connectivity index is 2.03. The molecular weight excluding hydrogens is 245 g/mol. The summed E-state index contributed by atoms with van der Waals surface area (Å²) < 4.78 is 18.7. The van der Waals surface area contributed by atoms with Gasteiger partial charge in [-0.25, -0.2) is 9.37 Å². The van der Waals surface area contributed by atoms with E-state index >= 15 is 0 Å². The van der Waals surface area contributed by atoms with Crippen LogP contribution in [-0.2, 0) is 6.54 Å². The standard InChI is InChI=1S/C14H14FN3O/c1-9-7-18-14(19-9)10(2)17-8-12-3-11(6-16)4-13(15)5-12/h3-5,7,10,17H,8H2,1-2H3. The minimum Gasteiger partial charge on any atom is -0.444 e. The van der Waals surface area contributed by atoms with E-state index in [1.165, 1.54) is 12.1 Å². The zero-order chi connectivity index (χ0) is 13.8. The highest BCUT2D eigenvalue weighted by Crippen LogP contribution is 2.14. The van der Waals surface area contributed by atoms with E-state index in [-0.39, 0.29) is 6.04 Å². The molecule has 2 aromatic rings. The van der Waals surface area contributed by atoms with Crippen molar-refractivity contribution >= 4 is 0 Å². The van der Waals surface area contributed by atoms with E-state index in [1.807, 2.05) is 19.9 Å². The number of hydrogen-bond donors (Lipinski definition) is 1. The second-order valence-corrected chi connectivity index (χ2v) is 4.37. The fourth-order valence-electron chi connectivity index (χ4n) is 1.75. The van der Waals surface area contributed by atoms with Crippen molar-refractivity contribution in [2.75, 3.05) is 0 Å². The average molecular weight is 259 g/mol. The van der Waals surface area contributed by atoms with E-state index in [0.717, 1.165) is 5.76 Å². The van der Waals surface area contributed by atoms with E-state index in [9.17, 15) is 4.39 Å². The quantitative estimate of drug-likeness (QED) is 0.917. The number of benzene rings is 1. The summed E-state index contributed by atoms with van der Waals surface area (Å²) in [6.07, 6.45) is 1.66. The molecule has 0 amide bonds. The van der Waals surface area contributed by atoms with E-state index in [4.69, 9.17) is 9.68 Å². The minimum atomic E-state index is -0.407. The monoisotopic (exact) mass is 259 g/mol. The summed E-state index contributed by atoms with van der Waals surface area (Å²) in [4.78, 5) is 4.12. The normalized spacial score (nSPS) is 12.1. The van der Waals surface area contributed by atoms with Crippen molar-refractivity contribution in [1.29, 1.82) is 5.26 Å². The Kier molecular flexibility index (Phi) is 3.93. The molecule has 2 rings (SSSR count). The summed E-state index contributed by atoms with van der Waals surface area (Å²) in [6.45, 7) is 4.18. The van der Waals surface area contributed by atoms with Gasteiger partial charge < -0.3 is 9.73 Å². The van der Waals surface area contributed by atoms with Crippen LogP contribution in [-0.4, -0.2) is 4.98 Å². The van der Waals surface area contributed by atoms with Crippen LogP contribution >= 0.6 is 0 Å². The molecule has 0 aliphatic rings. The Morgan fingerprint density at radius 3 is 2.89 bits per heavy atom. The number of oxazole rings is 1. The third-order valence-electron chi connectivity index (χ3n) is 2.71. The molecule has 0 aliphatic heterocycles. The lowest BCUT2D eigenvalue weighted by Gasteiger charge is -2.10. The molecule has 1 heterocycles. The molecule has 5 heteroatoms. The number of halogens is 1. The molecule has 0 spiro atoms. The fourth-order valence-corrected chi connectivity index (χ4v) is 1.75. The van der Waals surface area contributed by atoms with Gasteiger partial charge in [-0.3, -0.25) is 0 Å². The maximum atomic E-state index is 13.3. The molecule has 98 valence electrons. The third-order valence-corrected chi connectivity index (χ3v) is 2.71. The lowest BCUT2D eigenvalue weighted by atomic mass is 10.1. The van der Waals surface area contributed by atoms with Crippen LogP contribution in [0, 0.1) is 24.1 Å². The zero-order valence-corrected chi connectivity index (χ0v) is 10.8. The van der Waals surface area contributed by atoms with Crippen molar-refractivity contribution in [3.63, 3.8) is 0 Å². The first-order valence-corrected chi connectivity index (χ1v) is 5.94. The predicted molar refractivity (Wildman–Crippen MR) is 67.6 cm³/mol. The van der Waals surface area contributed by atoms with Gasteiger partial charge in [0, 0.05) is 6.54 Å². The molecule has 1 unspecified atom stereocenters. The molecule has 0 saturated carbocycles. The van der Waals surface area contributed by atoms with Crippen LogP contribution < -0.4 is 5.32 Å². The summed E-state index contributed by atoms with van der Waals surface area (Å²) >= 11 is 0. The van der Waals surface area contributed by atoms with Crippen molar-refractivity contribution < 1.29 is 8.81 Å². The first-order valence-electron chi connectivity index (χ1n) is 5.94. The predicted octanol–water partition coefficient (Wildman–Crippen LogP) is 2.84. The Hall–Kier alpha value is -2.19. The van der Waals surface area contributed by atoms with Crippen molar-refractivity contribution in [1.82, 2.24) is 10.3 Å². The van der Waals surface area contributed by atoms with Gasteiger partial charge in [0.05, 0.1) is 23.9 Å². The maximum absolute atomic E-state index is 13.3. The van der Waals surface area contributed by atoms with Crippen LogP contribution in [0.2, 0.25) is 0 Å². The second-order valence-electron chi connectivity index (χ2n) is 4.37. The summed E-state index contributed by atoms with van der Waals surface area (Å²) in [6, 6.07) is 6.12. The van der Waals surface area contributed by atoms with E-state index < -0.39 is 5.82 Å². The Morgan fingerprint density at radius 2 is 2.26 bits per heavy atom. The third kappa shape index (κ3) is 3.39. The molecule has 1 atom stereocenters. The number of hydrogen-bond acceptors (Lipinski definition) is 4. The summed E-state index contributed by atoms with van der Waals surface area (Å²) in [7, 11) is 0. The van der Waals surface area contributed by atoms with Gasteiger partial charge in [-0.05, 0) is 37.6 Å². The van der Waals surface area contributed by atoms with Crippen LogP contribution in [0.1, 0.15) is 35.7 Å². The van der Waals surface area contributed by atoms with Crippen molar-refractivity contribution in [2.24, 2.45) is 0 Å². The summed E-state index contributed by atoms with van der Waals surface area (Å²) in [5, 5.41) is 12.0. The summed E-state index contributed by atoms with van der Waals surface area (Å²) in [5.74, 6) is 0.936. The molecule has 0 radical (unpaired) electrons. The molecule has 19 heavy (non-hydrogen) atoms. The molecule has 1 N–H and O–H groups in total. The van der Waals surface area contributed by atoms with E-state index in [0.29, 0.717) is 23.6 Å². The fraction of sp³-hybridized carbons (Fsp3) is 0.286. The van der Waals surface area contributed by atoms with Gasteiger partial charge in [0.2, 0.25) is 5.89 Å². The number of nitrogens with one attached hydrogen (secondary N) is 1. The number of nitrogens with zero attached hydrogens (tertiary/aromatic N) is 2. The molecule has 4 nitrogen and oxygen atoms in total. The Labute approximate surface area is 110 Å². The largest absolute Gasteiger partial charge is 0.444 e. The number of aryl methyl sites for hydroxylation is 1. The van der Waals surface area contributed by atoms with Gasteiger partial charge in [0.1, 0.15) is 11.6 Å². The highest BCUT2D eigenvalue weighted by molar-refractivity contribution is 5.33. The van der Waals surface area contributed by atoms with Crippen LogP contribution in [0.4, 0.5) is 4.39 Å². The Morgan fingerprint density at radius 1 is 1.47 bits per heavy atom. The number of nitriles is 1. The molecule has 1 aromatic heterocycles. The topological polar surface area (TPSA) is 61.9 Å². The molecule has 1 aromatic carbocycles. The number of aromatic nitrogens is 1. The van der Waals surface area contributed by atoms with Gasteiger partial charge in [-0.2, -0.15) is 5.26 Å². The smallest absolute Gasteiger partial charge is 0.211 e. The molecule has 0 saturated heterocycles. The summed E-state index contributed by atoms with van der Waals surface area (Å²) in [5.41, 5.74) is 1.03. The van der Waals surface area contributed by atoms with E-state index in [2.05, 4.69) is 10.3 Å².